The number of benzene rings is 1. The third-order valence-electron chi connectivity index (χ3n) is 3.66. The zero-order chi connectivity index (χ0) is 16.7. The van der Waals surface area contributed by atoms with Crippen molar-refractivity contribution in [3.05, 3.63) is 35.6 Å². The van der Waals surface area contributed by atoms with Gasteiger partial charge in [0.15, 0.2) is 5.17 Å². The summed E-state index contributed by atoms with van der Waals surface area (Å²) in [5.74, 6) is 0.410. The highest BCUT2D eigenvalue weighted by atomic mass is 32.2. The van der Waals surface area contributed by atoms with Gasteiger partial charge in [0, 0.05) is 37.1 Å². The fourth-order valence-corrected chi connectivity index (χ4v) is 3.64. The van der Waals surface area contributed by atoms with Gasteiger partial charge < -0.3 is 4.74 Å². The van der Waals surface area contributed by atoms with Crippen LogP contribution >= 0.6 is 11.8 Å². The van der Waals surface area contributed by atoms with Gasteiger partial charge in [-0.2, -0.15) is 0 Å². The molecule has 0 unspecified atom stereocenters. The molecule has 0 saturated carbocycles. The normalized spacial score (nSPS) is 19.5. The Labute approximate surface area is 141 Å². The fraction of sp³-hybridized carbons (Fsp3) is 0.529. The molecule has 0 N–H and O–H groups in total. The molecule has 1 saturated heterocycles. The zero-order valence-electron chi connectivity index (χ0n) is 13.6. The molecule has 1 fully saturated rings. The van der Waals surface area contributed by atoms with E-state index in [2.05, 4.69) is 11.9 Å². The van der Waals surface area contributed by atoms with Crippen molar-refractivity contribution in [3.8, 4) is 0 Å². The number of carbonyl (C=O) groups is 1. The Morgan fingerprint density at radius 1 is 1.39 bits per heavy atom. The quantitative estimate of drug-likeness (QED) is 0.714. The minimum absolute atomic E-state index is 0.106. The lowest BCUT2D eigenvalue weighted by Crippen LogP contribution is -2.39. The largest absolute Gasteiger partial charge is 0.382 e. The average molecular weight is 338 g/mol. The Kier molecular flexibility index (Phi) is 7.05. The highest BCUT2D eigenvalue weighted by molar-refractivity contribution is 8.14. The monoisotopic (exact) mass is 338 g/mol. The molecule has 1 aromatic rings. The van der Waals surface area contributed by atoms with Gasteiger partial charge >= 0.3 is 0 Å². The van der Waals surface area contributed by atoms with E-state index in [-0.39, 0.29) is 17.8 Å². The van der Waals surface area contributed by atoms with Crippen LogP contribution in [-0.2, 0) is 4.74 Å². The SMILES string of the molecule is CCOCCCN=C1SC[C@@H](CC)N1C(=O)c1ccc(F)cc1. The van der Waals surface area contributed by atoms with Gasteiger partial charge in [-0.05, 0) is 44.0 Å². The molecule has 0 aliphatic carbocycles. The summed E-state index contributed by atoms with van der Waals surface area (Å²) in [5.41, 5.74) is 0.495. The van der Waals surface area contributed by atoms with Crippen LogP contribution < -0.4 is 0 Å². The van der Waals surface area contributed by atoms with E-state index in [9.17, 15) is 9.18 Å². The summed E-state index contributed by atoms with van der Waals surface area (Å²) in [6.07, 6.45) is 1.71. The third kappa shape index (κ3) is 4.78. The molecule has 1 aromatic carbocycles. The van der Waals surface area contributed by atoms with Crippen LogP contribution in [0.2, 0.25) is 0 Å². The number of aliphatic imine (C=N–C) groups is 1. The molecule has 0 aromatic heterocycles. The molecule has 0 spiro atoms. The van der Waals surface area contributed by atoms with Crippen LogP contribution in [0.3, 0.4) is 0 Å². The first-order valence-electron chi connectivity index (χ1n) is 8.01. The Bertz CT molecular complexity index is 548. The Morgan fingerprint density at radius 3 is 2.78 bits per heavy atom. The average Bonchev–Trinajstić information content (AvgIpc) is 2.97. The molecule has 0 radical (unpaired) electrons. The predicted octanol–water partition coefficient (Wildman–Crippen LogP) is 3.58. The van der Waals surface area contributed by atoms with E-state index in [1.165, 1.54) is 24.3 Å². The molecule has 1 aliphatic heterocycles. The minimum atomic E-state index is -0.339. The first kappa shape index (κ1) is 17.9. The molecule has 126 valence electrons. The second kappa shape index (κ2) is 9.03. The number of hydrogen-bond acceptors (Lipinski definition) is 4. The van der Waals surface area contributed by atoms with Crippen molar-refractivity contribution < 1.29 is 13.9 Å². The van der Waals surface area contributed by atoms with E-state index in [4.69, 9.17) is 4.74 Å². The first-order valence-corrected chi connectivity index (χ1v) is 9.00. The Balaban J connectivity index is 2.08. The summed E-state index contributed by atoms with van der Waals surface area (Å²) < 4.78 is 18.4. The molecular weight excluding hydrogens is 315 g/mol. The highest BCUT2D eigenvalue weighted by Crippen LogP contribution is 2.28. The van der Waals surface area contributed by atoms with Crippen LogP contribution in [0, 0.1) is 5.82 Å². The van der Waals surface area contributed by atoms with E-state index in [1.54, 1.807) is 16.7 Å². The number of rotatable bonds is 7. The van der Waals surface area contributed by atoms with E-state index in [1.807, 2.05) is 6.92 Å². The van der Waals surface area contributed by atoms with Gasteiger partial charge in [-0.1, -0.05) is 18.7 Å². The van der Waals surface area contributed by atoms with E-state index >= 15 is 0 Å². The van der Waals surface area contributed by atoms with Crippen LogP contribution in [-0.4, -0.2) is 47.5 Å². The maximum absolute atomic E-state index is 13.1. The number of amidine groups is 1. The summed E-state index contributed by atoms with van der Waals surface area (Å²) in [6.45, 7) is 6.06. The summed E-state index contributed by atoms with van der Waals surface area (Å²) >= 11 is 1.61. The first-order chi connectivity index (χ1) is 11.2. The van der Waals surface area contributed by atoms with Gasteiger partial charge in [0.25, 0.3) is 5.91 Å². The van der Waals surface area contributed by atoms with Crippen molar-refractivity contribution >= 4 is 22.8 Å². The molecule has 1 atom stereocenters. The molecule has 6 heteroatoms. The van der Waals surface area contributed by atoms with E-state index in [0.717, 1.165) is 23.8 Å². The number of nitrogens with zero attached hydrogens (tertiary/aromatic N) is 2. The van der Waals surface area contributed by atoms with Crippen molar-refractivity contribution in [2.45, 2.75) is 32.7 Å². The number of carbonyl (C=O) groups excluding carboxylic acids is 1. The maximum atomic E-state index is 13.1. The Hall–Kier alpha value is -1.40. The highest BCUT2D eigenvalue weighted by Gasteiger charge is 2.34. The van der Waals surface area contributed by atoms with Gasteiger partial charge in [-0.25, -0.2) is 4.39 Å². The minimum Gasteiger partial charge on any atom is -0.382 e. The van der Waals surface area contributed by atoms with E-state index in [0.29, 0.717) is 25.3 Å². The number of thioether (sulfide) groups is 1. The second-order valence-electron chi connectivity index (χ2n) is 5.27. The van der Waals surface area contributed by atoms with Crippen molar-refractivity contribution in [2.24, 2.45) is 4.99 Å². The lowest BCUT2D eigenvalue weighted by atomic mass is 10.1. The number of amides is 1. The van der Waals surface area contributed by atoms with Crippen molar-refractivity contribution in [1.29, 1.82) is 0 Å². The van der Waals surface area contributed by atoms with Crippen LogP contribution in [0.1, 0.15) is 37.0 Å². The van der Waals surface area contributed by atoms with Gasteiger partial charge in [0.2, 0.25) is 0 Å². The molecule has 1 aliphatic rings. The maximum Gasteiger partial charge on any atom is 0.260 e. The second-order valence-corrected chi connectivity index (χ2v) is 6.26. The molecule has 4 nitrogen and oxygen atoms in total. The van der Waals surface area contributed by atoms with Crippen LogP contribution in [0.25, 0.3) is 0 Å². The molecular formula is C17H23FN2O2S. The molecule has 1 amide bonds. The van der Waals surface area contributed by atoms with Crippen molar-refractivity contribution in [2.75, 3.05) is 25.5 Å². The topological polar surface area (TPSA) is 41.9 Å². The van der Waals surface area contributed by atoms with Gasteiger partial charge in [0.05, 0.1) is 0 Å². The van der Waals surface area contributed by atoms with E-state index < -0.39 is 0 Å². The van der Waals surface area contributed by atoms with Gasteiger partial charge in [-0.3, -0.25) is 14.7 Å². The fourth-order valence-electron chi connectivity index (χ4n) is 2.36. The molecule has 2 rings (SSSR count). The zero-order valence-corrected chi connectivity index (χ0v) is 14.4. The summed E-state index contributed by atoms with van der Waals surface area (Å²) in [4.78, 5) is 19.1. The van der Waals surface area contributed by atoms with Gasteiger partial charge in [0.1, 0.15) is 5.82 Å². The number of halogens is 1. The lowest BCUT2D eigenvalue weighted by Gasteiger charge is -2.23. The lowest BCUT2D eigenvalue weighted by molar-refractivity contribution is 0.0819. The van der Waals surface area contributed by atoms with Crippen LogP contribution in [0.5, 0.6) is 0 Å². The molecule has 0 bridgehead atoms. The van der Waals surface area contributed by atoms with Crippen LogP contribution in [0.4, 0.5) is 4.39 Å². The molecule has 23 heavy (non-hydrogen) atoms. The van der Waals surface area contributed by atoms with Crippen molar-refractivity contribution in [1.82, 2.24) is 4.90 Å². The molecule has 1 heterocycles. The Morgan fingerprint density at radius 2 is 2.13 bits per heavy atom. The summed E-state index contributed by atoms with van der Waals surface area (Å²) in [5, 5.41) is 0.766. The smallest absolute Gasteiger partial charge is 0.260 e. The third-order valence-corrected chi connectivity index (χ3v) is 4.79. The predicted molar refractivity (Wildman–Crippen MR) is 92.5 cm³/mol. The number of ether oxygens (including phenoxy) is 1. The van der Waals surface area contributed by atoms with Crippen LogP contribution in [0.15, 0.2) is 29.3 Å². The van der Waals surface area contributed by atoms with Gasteiger partial charge in [-0.15, -0.1) is 0 Å². The standard InChI is InChI=1S/C17H23FN2O2S/c1-3-15-12-23-17(19-10-5-11-22-4-2)20(15)16(21)13-6-8-14(18)9-7-13/h6-9,15H,3-5,10-12H2,1-2H3/t15-/m1/s1. The van der Waals surface area contributed by atoms with Crippen molar-refractivity contribution in [3.63, 3.8) is 0 Å². The number of hydrogen-bond donors (Lipinski definition) is 0. The summed E-state index contributed by atoms with van der Waals surface area (Å²) in [6, 6.07) is 5.83. The summed E-state index contributed by atoms with van der Waals surface area (Å²) in [7, 11) is 0.